The fourth-order valence-electron chi connectivity index (χ4n) is 3.15. The zero-order valence-electron chi connectivity index (χ0n) is 12.0. The molecule has 1 saturated carbocycles. The molecule has 2 unspecified atom stereocenters. The van der Waals surface area contributed by atoms with E-state index >= 15 is 0 Å². The molecule has 2 nitrogen and oxygen atoms in total. The molecule has 1 aromatic rings. The number of halogens is 1. The number of hydrogen-bond acceptors (Lipinski definition) is 2. The zero-order chi connectivity index (χ0) is 13.6. The lowest BCUT2D eigenvalue weighted by molar-refractivity contribution is 0.376. The van der Waals surface area contributed by atoms with Gasteiger partial charge >= 0.3 is 0 Å². The Bertz CT molecular complexity index is 459. The SMILES string of the molecule is Cc1cc(N2CC(C3CC3)NCC2C)cc(C)c1Br. The second-order valence-corrected chi connectivity index (χ2v) is 7.04. The van der Waals surface area contributed by atoms with Crippen LogP contribution in [0.15, 0.2) is 16.6 Å². The Kier molecular flexibility index (Phi) is 3.61. The molecule has 0 bridgehead atoms. The third-order valence-electron chi connectivity index (χ3n) is 4.54. The summed E-state index contributed by atoms with van der Waals surface area (Å²) in [6.07, 6.45) is 2.83. The average Bonchev–Trinajstić information content (AvgIpc) is 3.20. The third-order valence-corrected chi connectivity index (χ3v) is 5.80. The van der Waals surface area contributed by atoms with E-state index in [0.29, 0.717) is 12.1 Å². The molecule has 1 aromatic carbocycles. The van der Waals surface area contributed by atoms with E-state index in [1.54, 1.807) is 0 Å². The summed E-state index contributed by atoms with van der Waals surface area (Å²) in [5.41, 5.74) is 4.06. The van der Waals surface area contributed by atoms with Gasteiger partial charge in [-0.1, -0.05) is 15.9 Å². The normalized spacial score (nSPS) is 27.7. The first-order valence-electron chi connectivity index (χ1n) is 7.33. The van der Waals surface area contributed by atoms with Crippen LogP contribution in [0, 0.1) is 19.8 Å². The Hall–Kier alpha value is -0.540. The molecule has 1 aliphatic carbocycles. The molecular formula is C16H23BrN2. The minimum absolute atomic E-state index is 0.579. The summed E-state index contributed by atoms with van der Waals surface area (Å²) < 4.78 is 1.25. The number of hydrogen-bond donors (Lipinski definition) is 1. The number of piperazine rings is 1. The highest BCUT2D eigenvalue weighted by Crippen LogP contribution is 2.36. The first-order valence-corrected chi connectivity index (χ1v) is 8.12. The summed E-state index contributed by atoms with van der Waals surface area (Å²) in [4.78, 5) is 2.59. The summed E-state index contributed by atoms with van der Waals surface area (Å²) >= 11 is 3.67. The van der Waals surface area contributed by atoms with Crippen molar-refractivity contribution in [1.29, 1.82) is 0 Å². The van der Waals surface area contributed by atoms with Gasteiger partial charge in [-0.15, -0.1) is 0 Å². The summed E-state index contributed by atoms with van der Waals surface area (Å²) in [5, 5.41) is 3.72. The van der Waals surface area contributed by atoms with Crippen LogP contribution in [-0.2, 0) is 0 Å². The number of rotatable bonds is 2. The predicted octanol–water partition coefficient (Wildman–Crippen LogP) is 3.64. The molecule has 1 saturated heterocycles. The van der Waals surface area contributed by atoms with Gasteiger partial charge in [0, 0.05) is 35.3 Å². The Morgan fingerprint density at radius 2 is 1.84 bits per heavy atom. The highest BCUT2D eigenvalue weighted by atomic mass is 79.9. The smallest absolute Gasteiger partial charge is 0.0387 e. The van der Waals surface area contributed by atoms with Crippen molar-refractivity contribution in [2.24, 2.45) is 5.92 Å². The van der Waals surface area contributed by atoms with Crippen molar-refractivity contribution < 1.29 is 0 Å². The topological polar surface area (TPSA) is 15.3 Å². The van der Waals surface area contributed by atoms with Crippen molar-refractivity contribution in [2.75, 3.05) is 18.0 Å². The average molecular weight is 323 g/mol. The van der Waals surface area contributed by atoms with Gasteiger partial charge in [0.2, 0.25) is 0 Å². The fraction of sp³-hybridized carbons (Fsp3) is 0.625. The quantitative estimate of drug-likeness (QED) is 0.894. The first kappa shape index (κ1) is 13.4. The standard InChI is InChI=1S/C16H23BrN2/c1-10-6-14(7-11(2)16(10)17)19-9-15(13-4-5-13)18-8-12(19)3/h6-7,12-13,15,18H,4-5,8-9H2,1-3H3. The van der Waals surface area contributed by atoms with Gasteiger partial charge in [-0.05, 0) is 62.8 Å². The Labute approximate surface area is 124 Å². The van der Waals surface area contributed by atoms with Gasteiger partial charge in [-0.25, -0.2) is 0 Å². The fourth-order valence-corrected chi connectivity index (χ4v) is 3.38. The predicted molar refractivity (Wildman–Crippen MR) is 84.9 cm³/mol. The Morgan fingerprint density at radius 3 is 2.42 bits per heavy atom. The molecule has 104 valence electrons. The highest BCUT2D eigenvalue weighted by Gasteiger charge is 2.36. The van der Waals surface area contributed by atoms with E-state index in [0.717, 1.165) is 19.0 Å². The van der Waals surface area contributed by atoms with E-state index < -0.39 is 0 Å². The monoisotopic (exact) mass is 322 g/mol. The highest BCUT2D eigenvalue weighted by molar-refractivity contribution is 9.10. The van der Waals surface area contributed by atoms with Gasteiger partial charge in [-0.3, -0.25) is 0 Å². The van der Waals surface area contributed by atoms with Crippen LogP contribution in [-0.4, -0.2) is 25.2 Å². The number of anilines is 1. The third kappa shape index (κ3) is 2.68. The van der Waals surface area contributed by atoms with Crippen LogP contribution in [0.5, 0.6) is 0 Å². The Morgan fingerprint density at radius 1 is 1.21 bits per heavy atom. The Balaban J connectivity index is 1.86. The lowest BCUT2D eigenvalue weighted by atomic mass is 10.0. The molecular weight excluding hydrogens is 300 g/mol. The van der Waals surface area contributed by atoms with E-state index in [-0.39, 0.29) is 0 Å². The number of benzene rings is 1. The van der Waals surface area contributed by atoms with Crippen molar-refractivity contribution in [2.45, 2.75) is 45.7 Å². The molecule has 2 atom stereocenters. The molecule has 2 aliphatic rings. The van der Waals surface area contributed by atoms with Crippen LogP contribution in [0.25, 0.3) is 0 Å². The number of nitrogens with zero attached hydrogens (tertiary/aromatic N) is 1. The molecule has 1 N–H and O–H groups in total. The van der Waals surface area contributed by atoms with Crippen molar-refractivity contribution in [1.82, 2.24) is 5.32 Å². The minimum atomic E-state index is 0.579. The van der Waals surface area contributed by atoms with Gasteiger partial charge in [0.05, 0.1) is 0 Å². The lowest BCUT2D eigenvalue weighted by Crippen LogP contribution is -2.56. The summed E-state index contributed by atoms with van der Waals surface area (Å²) in [6.45, 7) is 8.96. The largest absolute Gasteiger partial charge is 0.366 e. The van der Waals surface area contributed by atoms with Gasteiger partial charge < -0.3 is 10.2 Å². The van der Waals surface area contributed by atoms with Gasteiger partial charge in [0.1, 0.15) is 0 Å². The van der Waals surface area contributed by atoms with Crippen molar-refractivity contribution in [3.05, 3.63) is 27.7 Å². The van der Waals surface area contributed by atoms with Crippen LogP contribution in [0.1, 0.15) is 30.9 Å². The second-order valence-electron chi connectivity index (χ2n) is 6.25. The molecule has 2 fully saturated rings. The van der Waals surface area contributed by atoms with E-state index in [2.05, 4.69) is 59.1 Å². The van der Waals surface area contributed by atoms with E-state index in [9.17, 15) is 0 Å². The van der Waals surface area contributed by atoms with Crippen molar-refractivity contribution in [3.8, 4) is 0 Å². The maximum atomic E-state index is 3.72. The maximum absolute atomic E-state index is 3.72. The molecule has 1 heterocycles. The molecule has 0 aromatic heterocycles. The van der Waals surface area contributed by atoms with Crippen LogP contribution in [0.2, 0.25) is 0 Å². The van der Waals surface area contributed by atoms with E-state index in [1.165, 1.54) is 34.1 Å². The summed E-state index contributed by atoms with van der Waals surface area (Å²) in [6, 6.07) is 5.92. The maximum Gasteiger partial charge on any atom is 0.0387 e. The zero-order valence-corrected chi connectivity index (χ0v) is 13.6. The summed E-state index contributed by atoms with van der Waals surface area (Å²) in [7, 11) is 0. The van der Waals surface area contributed by atoms with E-state index in [1.807, 2.05) is 0 Å². The minimum Gasteiger partial charge on any atom is -0.366 e. The van der Waals surface area contributed by atoms with Crippen LogP contribution < -0.4 is 10.2 Å². The van der Waals surface area contributed by atoms with Crippen LogP contribution in [0.3, 0.4) is 0 Å². The van der Waals surface area contributed by atoms with Gasteiger partial charge in [0.25, 0.3) is 0 Å². The van der Waals surface area contributed by atoms with Crippen molar-refractivity contribution >= 4 is 21.6 Å². The molecule has 0 radical (unpaired) electrons. The second kappa shape index (κ2) is 5.10. The molecule has 3 heteroatoms. The lowest BCUT2D eigenvalue weighted by Gasteiger charge is -2.41. The number of nitrogens with one attached hydrogen (secondary N) is 1. The van der Waals surface area contributed by atoms with E-state index in [4.69, 9.17) is 0 Å². The molecule has 0 spiro atoms. The molecule has 0 amide bonds. The first-order chi connectivity index (χ1) is 9.06. The van der Waals surface area contributed by atoms with Gasteiger partial charge in [0.15, 0.2) is 0 Å². The number of aryl methyl sites for hydroxylation is 2. The van der Waals surface area contributed by atoms with Crippen LogP contribution in [0.4, 0.5) is 5.69 Å². The van der Waals surface area contributed by atoms with Gasteiger partial charge in [-0.2, -0.15) is 0 Å². The molecule has 1 aliphatic heterocycles. The molecule has 19 heavy (non-hydrogen) atoms. The van der Waals surface area contributed by atoms with Crippen molar-refractivity contribution in [3.63, 3.8) is 0 Å². The summed E-state index contributed by atoms with van der Waals surface area (Å²) in [5.74, 6) is 0.924. The molecule has 3 rings (SSSR count). The van der Waals surface area contributed by atoms with Crippen LogP contribution >= 0.6 is 15.9 Å².